The van der Waals surface area contributed by atoms with E-state index in [1.165, 1.54) is 15.6 Å². The Morgan fingerprint density at radius 1 is 0.864 bits per heavy atom. The van der Waals surface area contributed by atoms with Crippen molar-refractivity contribution < 1.29 is 0 Å². The zero-order valence-corrected chi connectivity index (χ0v) is 16.3. The van der Waals surface area contributed by atoms with Crippen LogP contribution in [0.15, 0.2) is 40.4 Å². The third-order valence-corrected chi connectivity index (χ3v) is 6.04. The predicted molar refractivity (Wildman–Crippen MR) is 104 cm³/mol. The highest BCUT2D eigenvalue weighted by Gasteiger charge is 2.18. The molecule has 1 aromatic rings. The summed E-state index contributed by atoms with van der Waals surface area (Å²) in [6.45, 7) is 13.2. The lowest BCUT2D eigenvalue weighted by Crippen LogP contribution is -2.36. The van der Waals surface area contributed by atoms with E-state index < -0.39 is 0 Å². The molecule has 4 heteroatoms. The van der Waals surface area contributed by atoms with Crippen molar-refractivity contribution in [2.45, 2.75) is 33.4 Å². The van der Waals surface area contributed by atoms with Gasteiger partial charge in [0.2, 0.25) is 0 Å². The lowest BCUT2D eigenvalue weighted by Gasteiger charge is -2.35. The molecule has 0 amide bonds. The van der Waals surface area contributed by atoms with E-state index in [9.17, 15) is 0 Å². The maximum atomic E-state index is 2.48. The summed E-state index contributed by atoms with van der Waals surface area (Å²) < 4.78 is 1.43. The Morgan fingerprint density at radius 2 is 1.36 bits per heavy atom. The van der Waals surface area contributed by atoms with Crippen LogP contribution >= 0.6 is 23.5 Å². The number of benzene rings is 1. The normalized spacial score (nSPS) is 10.4. The van der Waals surface area contributed by atoms with Gasteiger partial charge in [-0.1, -0.05) is 30.3 Å². The van der Waals surface area contributed by atoms with E-state index in [0.29, 0.717) is 0 Å². The largest absolute Gasteiger partial charge is 0.357 e. The smallest absolute Gasteiger partial charge is 0.124 e. The van der Waals surface area contributed by atoms with E-state index in [4.69, 9.17) is 0 Å². The quantitative estimate of drug-likeness (QED) is 0.586. The summed E-state index contributed by atoms with van der Waals surface area (Å²) in [5, 5.41) is 0. The number of hydrogen-bond donors (Lipinski definition) is 0. The van der Waals surface area contributed by atoms with Crippen molar-refractivity contribution in [1.82, 2.24) is 9.80 Å². The molecule has 1 aromatic carbocycles. The van der Waals surface area contributed by atoms with Crippen LogP contribution in [0.4, 0.5) is 0 Å². The third kappa shape index (κ3) is 5.47. The minimum atomic E-state index is 1.03. The van der Waals surface area contributed by atoms with E-state index in [1.807, 2.05) is 23.5 Å². The van der Waals surface area contributed by atoms with E-state index in [2.05, 4.69) is 74.1 Å². The second-order valence-electron chi connectivity index (χ2n) is 4.93. The van der Waals surface area contributed by atoms with Crippen molar-refractivity contribution >= 4 is 23.5 Å². The minimum Gasteiger partial charge on any atom is -0.357 e. The van der Waals surface area contributed by atoms with Crippen LogP contribution in [0.25, 0.3) is 0 Å². The molecule has 0 N–H and O–H groups in total. The molecule has 0 heterocycles. The van der Waals surface area contributed by atoms with Gasteiger partial charge in [-0.2, -0.15) is 0 Å². The predicted octanol–water partition coefficient (Wildman–Crippen LogP) is 5.09. The Labute approximate surface area is 145 Å². The summed E-state index contributed by atoms with van der Waals surface area (Å²) in [6.07, 6.45) is 2.19. The van der Waals surface area contributed by atoms with Crippen molar-refractivity contribution in [3.05, 3.63) is 46.0 Å². The van der Waals surface area contributed by atoms with Crippen molar-refractivity contribution in [2.75, 3.05) is 32.4 Å². The number of hydrogen-bond acceptors (Lipinski definition) is 4. The SMILES string of the molecule is CCN(CC)C(=C(SC)SCc1ccccc1)N(CC)CC. The highest BCUT2D eigenvalue weighted by atomic mass is 32.2. The Kier molecular flexibility index (Phi) is 9.56. The molecule has 2 nitrogen and oxygen atoms in total. The van der Waals surface area contributed by atoms with Crippen LogP contribution in [0, 0.1) is 0 Å². The highest BCUT2D eigenvalue weighted by molar-refractivity contribution is 8.21. The molecule has 0 aliphatic heterocycles. The van der Waals surface area contributed by atoms with E-state index >= 15 is 0 Å². The molecule has 124 valence electrons. The van der Waals surface area contributed by atoms with Crippen LogP contribution in [0.3, 0.4) is 0 Å². The molecule has 0 bridgehead atoms. The first-order valence-corrected chi connectivity index (χ1v) is 10.4. The van der Waals surface area contributed by atoms with Gasteiger partial charge in [-0.15, -0.1) is 23.5 Å². The molecular weight excluding hydrogens is 308 g/mol. The van der Waals surface area contributed by atoms with Gasteiger partial charge in [0.15, 0.2) is 0 Å². The van der Waals surface area contributed by atoms with Crippen molar-refractivity contribution in [2.24, 2.45) is 0 Å². The van der Waals surface area contributed by atoms with Gasteiger partial charge >= 0.3 is 0 Å². The van der Waals surface area contributed by atoms with Crippen LogP contribution < -0.4 is 0 Å². The average Bonchev–Trinajstić information content (AvgIpc) is 2.58. The second-order valence-corrected chi connectivity index (χ2v) is 6.99. The topological polar surface area (TPSA) is 6.48 Å². The van der Waals surface area contributed by atoms with Gasteiger partial charge < -0.3 is 9.80 Å². The van der Waals surface area contributed by atoms with Gasteiger partial charge in [-0.25, -0.2) is 0 Å². The molecule has 0 saturated heterocycles. The fraction of sp³-hybridized carbons (Fsp3) is 0.556. The van der Waals surface area contributed by atoms with Crippen LogP contribution in [0.1, 0.15) is 33.3 Å². The summed E-state index contributed by atoms with van der Waals surface area (Å²) in [4.78, 5) is 4.97. The summed E-state index contributed by atoms with van der Waals surface area (Å²) in [5.74, 6) is 2.44. The van der Waals surface area contributed by atoms with Gasteiger partial charge in [0, 0.05) is 31.9 Å². The fourth-order valence-electron chi connectivity index (χ4n) is 2.44. The van der Waals surface area contributed by atoms with Crippen LogP contribution in [-0.4, -0.2) is 42.2 Å². The Morgan fingerprint density at radius 3 is 1.77 bits per heavy atom. The number of thioether (sulfide) groups is 2. The maximum absolute atomic E-state index is 2.48. The average molecular weight is 339 g/mol. The van der Waals surface area contributed by atoms with Crippen LogP contribution in [-0.2, 0) is 5.75 Å². The Bertz CT molecular complexity index is 424. The maximum Gasteiger partial charge on any atom is 0.124 e. The molecule has 0 saturated carbocycles. The third-order valence-electron chi connectivity index (χ3n) is 3.71. The summed E-state index contributed by atoms with van der Waals surface area (Å²) >= 11 is 3.83. The minimum absolute atomic E-state index is 1.03. The molecule has 0 unspecified atom stereocenters. The molecular formula is C18H30N2S2. The van der Waals surface area contributed by atoms with E-state index in [0.717, 1.165) is 31.9 Å². The Hall–Kier alpha value is -0.740. The highest BCUT2D eigenvalue weighted by Crippen LogP contribution is 2.35. The van der Waals surface area contributed by atoms with Gasteiger partial charge in [0.25, 0.3) is 0 Å². The molecule has 0 radical (unpaired) electrons. The van der Waals surface area contributed by atoms with E-state index in [-0.39, 0.29) is 0 Å². The molecule has 0 fully saturated rings. The van der Waals surface area contributed by atoms with Gasteiger partial charge in [-0.3, -0.25) is 0 Å². The molecule has 0 aliphatic carbocycles. The molecule has 0 spiro atoms. The van der Waals surface area contributed by atoms with Crippen molar-refractivity contribution in [1.29, 1.82) is 0 Å². The standard InChI is InChI=1S/C18H30N2S2/c1-6-19(7-2)17(20(8-3)9-4)18(21-5)22-15-16-13-11-10-12-14-16/h10-14H,6-9,15H2,1-5H3. The molecule has 0 aromatic heterocycles. The monoisotopic (exact) mass is 338 g/mol. The van der Waals surface area contributed by atoms with Crippen LogP contribution in [0.5, 0.6) is 0 Å². The summed E-state index contributed by atoms with van der Waals surface area (Å²) in [5.41, 5.74) is 1.39. The second kappa shape index (κ2) is 10.9. The molecule has 1 rings (SSSR count). The molecule has 22 heavy (non-hydrogen) atoms. The summed E-state index contributed by atoms with van der Waals surface area (Å²) in [7, 11) is 0. The summed E-state index contributed by atoms with van der Waals surface area (Å²) in [6, 6.07) is 10.7. The number of rotatable bonds is 10. The van der Waals surface area contributed by atoms with E-state index in [1.54, 1.807) is 0 Å². The first-order valence-electron chi connectivity index (χ1n) is 8.16. The first-order chi connectivity index (χ1) is 10.7. The van der Waals surface area contributed by atoms with Crippen molar-refractivity contribution in [3.8, 4) is 0 Å². The molecule has 0 aliphatic rings. The molecule has 0 atom stereocenters. The lowest BCUT2D eigenvalue weighted by molar-refractivity contribution is 0.235. The zero-order valence-electron chi connectivity index (χ0n) is 14.6. The fourth-order valence-corrected chi connectivity index (χ4v) is 4.41. The zero-order chi connectivity index (χ0) is 16.4. The van der Waals surface area contributed by atoms with Gasteiger partial charge in [-0.05, 0) is 39.5 Å². The van der Waals surface area contributed by atoms with Crippen LogP contribution in [0.2, 0.25) is 0 Å². The number of nitrogens with zero attached hydrogens (tertiary/aromatic N) is 2. The lowest BCUT2D eigenvalue weighted by atomic mass is 10.2. The van der Waals surface area contributed by atoms with Crippen molar-refractivity contribution in [3.63, 3.8) is 0 Å². The first kappa shape index (κ1) is 19.3. The van der Waals surface area contributed by atoms with Gasteiger partial charge in [0.1, 0.15) is 5.82 Å². The Balaban J connectivity index is 3.03. The van der Waals surface area contributed by atoms with Gasteiger partial charge in [0.05, 0.1) is 4.24 Å².